The first kappa shape index (κ1) is 25.8. The lowest BCUT2D eigenvalue weighted by Crippen LogP contribution is -2.63. The van der Waals surface area contributed by atoms with E-state index in [1.807, 2.05) is 19.9 Å². The Kier molecular flexibility index (Phi) is 6.86. The van der Waals surface area contributed by atoms with Gasteiger partial charge in [-0.15, -0.1) is 0 Å². The Labute approximate surface area is 207 Å². The molecule has 0 amide bonds. The molecule has 0 aromatic carbocycles. The molecule has 0 heterocycles. The van der Waals surface area contributed by atoms with E-state index in [2.05, 4.69) is 6.92 Å². The zero-order valence-electron chi connectivity index (χ0n) is 21.3. The molecule has 7 nitrogen and oxygen atoms in total. The van der Waals surface area contributed by atoms with Crippen molar-refractivity contribution in [3.63, 3.8) is 0 Å². The van der Waals surface area contributed by atoms with E-state index in [4.69, 9.17) is 9.47 Å². The predicted octanol–water partition coefficient (Wildman–Crippen LogP) is 3.87. The first-order chi connectivity index (χ1) is 16.5. The summed E-state index contributed by atoms with van der Waals surface area (Å²) in [6, 6.07) is 0. The van der Waals surface area contributed by atoms with Crippen LogP contribution in [0.3, 0.4) is 0 Å². The fourth-order valence-electron chi connectivity index (χ4n) is 7.81. The molecule has 35 heavy (non-hydrogen) atoms. The molecule has 0 spiro atoms. The lowest BCUT2D eigenvalue weighted by atomic mass is 9.46. The smallest absolute Gasteiger partial charge is 0.306 e. The van der Waals surface area contributed by atoms with E-state index in [0.717, 1.165) is 18.4 Å². The number of hydrogen-bond acceptors (Lipinski definition) is 7. The van der Waals surface area contributed by atoms with Gasteiger partial charge in [0.05, 0.1) is 6.10 Å². The van der Waals surface area contributed by atoms with Crippen LogP contribution in [0.15, 0.2) is 23.8 Å². The van der Waals surface area contributed by atoms with Gasteiger partial charge >= 0.3 is 11.9 Å². The third kappa shape index (κ3) is 4.00. The second kappa shape index (κ2) is 9.30. The molecule has 0 bridgehead atoms. The van der Waals surface area contributed by atoms with E-state index in [-0.39, 0.29) is 36.4 Å². The number of esters is 2. The largest absolute Gasteiger partial charge is 0.457 e. The number of aliphatic hydroxyl groups is 1. The average Bonchev–Trinajstić information content (AvgIpc) is 3.09. The molecule has 4 rings (SSSR count). The summed E-state index contributed by atoms with van der Waals surface area (Å²) in [5.41, 5.74) is -1.56. The van der Waals surface area contributed by atoms with Gasteiger partial charge in [0.15, 0.2) is 18.0 Å². The molecular formula is C28H38O7. The van der Waals surface area contributed by atoms with E-state index >= 15 is 0 Å². The summed E-state index contributed by atoms with van der Waals surface area (Å²) in [7, 11) is 0. The highest BCUT2D eigenvalue weighted by Crippen LogP contribution is 2.67. The number of allylic oxidation sites excluding steroid dienone is 4. The normalized spacial score (nSPS) is 39.7. The summed E-state index contributed by atoms with van der Waals surface area (Å²) in [5.74, 6) is -1.24. The first-order valence-corrected chi connectivity index (χ1v) is 13.1. The van der Waals surface area contributed by atoms with E-state index in [0.29, 0.717) is 25.7 Å². The monoisotopic (exact) mass is 486 g/mol. The van der Waals surface area contributed by atoms with Crippen molar-refractivity contribution >= 4 is 23.5 Å². The molecule has 4 aliphatic carbocycles. The van der Waals surface area contributed by atoms with Crippen LogP contribution in [0, 0.1) is 28.6 Å². The SMILES string of the molecule is CCCC(=O)O[C@@]1(C(=O)COC(=O)CC)CC[C@H]2[C@@H]3CCC4=CC(=O)C=C[C@]4(C)[C@H]3[C@@H](O)C[C@@]21C. The minimum Gasteiger partial charge on any atom is -0.457 e. The summed E-state index contributed by atoms with van der Waals surface area (Å²) in [4.78, 5) is 50.3. The maximum Gasteiger partial charge on any atom is 0.306 e. The van der Waals surface area contributed by atoms with Crippen LogP contribution in [0.4, 0.5) is 0 Å². The van der Waals surface area contributed by atoms with E-state index < -0.39 is 46.9 Å². The average molecular weight is 487 g/mol. The van der Waals surface area contributed by atoms with Crippen molar-refractivity contribution in [1.29, 1.82) is 0 Å². The molecule has 1 N–H and O–H groups in total. The number of hydrogen-bond donors (Lipinski definition) is 1. The third-order valence-corrected chi connectivity index (χ3v) is 9.46. The molecule has 4 aliphatic rings. The molecule has 192 valence electrons. The van der Waals surface area contributed by atoms with Crippen LogP contribution >= 0.6 is 0 Å². The second-order valence-electron chi connectivity index (χ2n) is 11.2. The van der Waals surface area contributed by atoms with Gasteiger partial charge in [-0.25, -0.2) is 0 Å². The molecule has 0 saturated heterocycles. The molecular weight excluding hydrogens is 448 g/mol. The van der Waals surface area contributed by atoms with Gasteiger partial charge in [-0.3, -0.25) is 19.2 Å². The second-order valence-corrected chi connectivity index (χ2v) is 11.2. The van der Waals surface area contributed by atoms with Gasteiger partial charge in [-0.2, -0.15) is 0 Å². The molecule has 3 saturated carbocycles. The zero-order chi connectivity index (χ0) is 25.6. The predicted molar refractivity (Wildman–Crippen MR) is 128 cm³/mol. The highest BCUT2D eigenvalue weighted by molar-refractivity contribution is 6.01. The molecule has 0 radical (unpaired) electrons. The van der Waals surface area contributed by atoms with E-state index in [1.54, 1.807) is 19.1 Å². The maximum absolute atomic E-state index is 13.7. The Bertz CT molecular complexity index is 980. The van der Waals surface area contributed by atoms with Crippen molar-refractivity contribution < 1.29 is 33.8 Å². The summed E-state index contributed by atoms with van der Waals surface area (Å²) in [6.45, 7) is 7.17. The minimum absolute atomic E-state index is 0.0130. The van der Waals surface area contributed by atoms with Gasteiger partial charge in [0.25, 0.3) is 0 Å². The van der Waals surface area contributed by atoms with Gasteiger partial charge in [0.2, 0.25) is 5.78 Å². The Hall–Kier alpha value is -2.28. The van der Waals surface area contributed by atoms with Crippen molar-refractivity contribution in [1.82, 2.24) is 0 Å². The highest BCUT2D eigenvalue weighted by atomic mass is 16.6. The fourth-order valence-corrected chi connectivity index (χ4v) is 7.81. The summed E-state index contributed by atoms with van der Waals surface area (Å²) < 4.78 is 11.2. The van der Waals surface area contributed by atoms with Crippen molar-refractivity contribution in [2.45, 2.75) is 90.8 Å². The Morgan fingerprint density at radius 3 is 2.57 bits per heavy atom. The van der Waals surface area contributed by atoms with Crippen molar-refractivity contribution in [2.24, 2.45) is 28.6 Å². The standard InChI is InChI=1S/C28H38O7/c1-5-7-24(33)35-28(22(31)16-34-23(32)6-2)13-11-20-19-9-8-17-14-18(29)10-12-26(17,3)25(19)21(30)15-27(20,28)4/h10,12,14,19-21,25,30H,5-9,11,13,15-16H2,1-4H3/t19-,20-,21-,25+,26-,27-,28+/m0/s1. The van der Waals surface area contributed by atoms with Gasteiger partial charge in [0, 0.05) is 29.6 Å². The van der Waals surface area contributed by atoms with Crippen LogP contribution in [-0.2, 0) is 28.7 Å². The van der Waals surface area contributed by atoms with Crippen LogP contribution in [0.25, 0.3) is 0 Å². The molecule has 0 aromatic rings. The van der Waals surface area contributed by atoms with Crippen LogP contribution in [0.2, 0.25) is 0 Å². The molecule has 0 aromatic heterocycles. The lowest BCUT2D eigenvalue weighted by molar-refractivity contribution is -0.201. The zero-order valence-corrected chi connectivity index (χ0v) is 21.3. The quantitative estimate of drug-likeness (QED) is 0.544. The number of ketones is 2. The van der Waals surface area contributed by atoms with Crippen molar-refractivity contribution in [2.75, 3.05) is 6.61 Å². The molecule has 3 fully saturated rings. The maximum atomic E-state index is 13.7. The van der Waals surface area contributed by atoms with Crippen molar-refractivity contribution in [3.8, 4) is 0 Å². The van der Waals surface area contributed by atoms with Crippen LogP contribution in [-0.4, -0.2) is 46.9 Å². The molecule has 7 atom stereocenters. The lowest BCUT2D eigenvalue weighted by Gasteiger charge is -2.59. The number of carbonyl (C=O) groups excluding carboxylic acids is 4. The number of carbonyl (C=O) groups is 4. The van der Waals surface area contributed by atoms with Gasteiger partial charge in [-0.1, -0.05) is 39.3 Å². The molecule has 0 aliphatic heterocycles. The summed E-state index contributed by atoms with van der Waals surface area (Å²) in [6.07, 6.45) is 8.40. The highest BCUT2D eigenvalue weighted by Gasteiger charge is 2.70. The Balaban J connectivity index is 1.70. The van der Waals surface area contributed by atoms with Crippen LogP contribution < -0.4 is 0 Å². The number of aliphatic hydroxyl groups excluding tert-OH is 1. The fraction of sp³-hybridized carbons (Fsp3) is 0.714. The summed E-state index contributed by atoms with van der Waals surface area (Å²) >= 11 is 0. The van der Waals surface area contributed by atoms with Crippen molar-refractivity contribution in [3.05, 3.63) is 23.8 Å². The van der Waals surface area contributed by atoms with Gasteiger partial charge < -0.3 is 14.6 Å². The van der Waals surface area contributed by atoms with E-state index in [9.17, 15) is 24.3 Å². The number of fused-ring (bicyclic) bond motifs is 5. The summed E-state index contributed by atoms with van der Waals surface area (Å²) in [5, 5.41) is 11.6. The molecule has 0 unspecified atom stereocenters. The first-order valence-electron chi connectivity index (χ1n) is 13.1. The minimum atomic E-state index is -1.43. The topological polar surface area (TPSA) is 107 Å². The van der Waals surface area contributed by atoms with Crippen LogP contribution in [0.5, 0.6) is 0 Å². The van der Waals surface area contributed by atoms with Crippen LogP contribution in [0.1, 0.15) is 79.1 Å². The Morgan fingerprint density at radius 1 is 1.14 bits per heavy atom. The van der Waals surface area contributed by atoms with Gasteiger partial charge in [0.1, 0.15) is 0 Å². The third-order valence-electron chi connectivity index (χ3n) is 9.46. The number of ether oxygens (including phenoxy) is 2. The van der Waals surface area contributed by atoms with E-state index in [1.165, 1.54) is 0 Å². The number of rotatable bonds is 7. The Morgan fingerprint density at radius 2 is 1.89 bits per heavy atom. The molecule has 7 heteroatoms. The van der Waals surface area contributed by atoms with Gasteiger partial charge in [-0.05, 0) is 62.5 Å². The number of Topliss-reactive ketones (excluding diaryl/α,β-unsaturated/α-hetero) is 1.